The van der Waals surface area contributed by atoms with E-state index in [1.807, 2.05) is 53.4 Å². The Balaban J connectivity index is 1.72. The summed E-state index contributed by atoms with van der Waals surface area (Å²) in [5, 5.41) is 0. The van der Waals surface area contributed by atoms with E-state index in [9.17, 15) is 4.79 Å². The van der Waals surface area contributed by atoms with Gasteiger partial charge in [0.05, 0.1) is 29.0 Å². The van der Waals surface area contributed by atoms with Gasteiger partial charge in [0, 0.05) is 25.8 Å². The molecule has 1 aromatic heterocycles. The summed E-state index contributed by atoms with van der Waals surface area (Å²) in [5.74, 6) is 0.768. The fourth-order valence-electron chi connectivity index (χ4n) is 3.57. The highest BCUT2D eigenvalue weighted by molar-refractivity contribution is 6.61. The van der Waals surface area contributed by atoms with Crippen molar-refractivity contribution in [1.82, 2.24) is 14.9 Å². The Morgan fingerprint density at radius 1 is 1.20 bits per heavy atom. The zero-order chi connectivity index (χ0) is 22.3. The van der Waals surface area contributed by atoms with Crippen LogP contribution in [0.25, 0.3) is 0 Å². The van der Waals surface area contributed by atoms with Crippen molar-refractivity contribution in [3.8, 4) is 0 Å². The van der Waals surface area contributed by atoms with Gasteiger partial charge in [0.2, 0.25) is 0 Å². The number of anilines is 1. The third kappa shape index (κ3) is 4.72. The van der Waals surface area contributed by atoms with Crippen molar-refractivity contribution in [2.75, 3.05) is 24.5 Å². The van der Waals surface area contributed by atoms with Crippen LogP contribution in [0.4, 0.5) is 10.6 Å². The van der Waals surface area contributed by atoms with Crippen molar-refractivity contribution in [3.05, 3.63) is 12.4 Å². The van der Waals surface area contributed by atoms with E-state index in [-0.39, 0.29) is 12.1 Å². The van der Waals surface area contributed by atoms with Crippen molar-refractivity contribution in [2.45, 2.75) is 84.7 Å². The fourth-order valence-corrected chi connectivity index (χ4v) is 3.57. The Morgan fingerprint density at radius 3 is 2.40 bits per heavy atom. The summed E-state index contributed by atoms with van der Waals surface area (Å²) in [7, 11) is -0.549. The maximum absolute atomic E-state index is 12.6. The van der Waals surface area contributed by atoms with E-state index >= 15 is 0 Å². The summed E-state index contributed by atoms with van der Waals surface area (Å²) in [6.45, 7) is 17.7. The van der Waals surface area contributed by atoms with Crippen molar-refractivity contribution in [2.24, 2.45) is 0 Å². The third-order valence-corrected chi connectivity index (χ3v) is 6.04. The molecule has 2 saturated heterocycles. The second-order valence-corrected chi connectivity index (χ2v) is 10.1. The molecule has 0 spiro atoms. The Morgan fingerprint density at radius 2 is 1.83 bits per heavy atom. The molecule has 0 unspecified atom stereocenters. The molecule has 1 aromatic rings. The monoisotopic (exact) mass is 418 g/mol. The lowest BCUT2D eigenvalue weighted by atomic mass is 9.85. The Bertz CT molecular complexity index is 765. The normalized spacial score (nSPS) is 23.6. The second-order valence-electron chi connectivity index (χ2n) is 10.1. The van der Waals surface area contributed by atoms with Crippen molar-refractivity contribution in [3.63, 3.8) is 0 Å². The molecule has 30 heavy (non-hydrogen) atoms. The molecule has 0 saturated carbocycles. The number of nitrogens with zero attached hydrogens (tertiary/aromatic N) is 4. The molecule has 8 nitrogen and oxygen atoms in total. The van der Waals surface area contributed by atoms with Gasteiger partial charge in [-0.1, -0.05) is 6.92 Å². The first-order valence-corrected chi connectivity index (χ1v) is 10.7. The fraction of sp³-hybridized carbons (Fsp3) is 0.762. The van der Waals surface area contributed by atoms with Crippen molar-refractivity contribution >= 4 is 24.6 Å². The minimum absolute atomic E-state index is 0.0518. The molecular formula is C21H35BN4O4. The van der Waals surface area contributed by atoms with E-state index in [4.69, 9.17) is 19.0 Å². The predicted molar refractivity (Wildman–Crippen MR) is 117 cm³/mol. The second kappa shape index (κ2) is 8.00. The quantitative estimate of drug-likeness (QED) is 0.699. The van der Waals surface area contributed by atoms with Crippen LogP contribution in [0.5, 0.6) is 0 Å². The number of hydrogen-bond donors (Lipinski definition) is 0. The predicted octanol–water partition coefficient (Wildman–Crippen LogP) is 2.61. The smallest absolute Gasteiger partial charge is 0.444 e. The van der Waals surface area contributed by atoms with Crippen LogP contribution in [-0.2, 0) is 14.0 Å². The highest BCUT2D eigenvalue weighted by atomic mass is 16.7. The maximum atomic E-state index is 12.6. The summed E-state index contributed by atoms with van der Waals surface area (Å²) in [4.78, 5) is 25.8. The molecule has 166 valence electrons. The zero-order valence-electron chi connectivity index (χ0n) is 19.6. The van der Waals surface area contributed by atoms with E-state index in [2.05, 4.69) is 16.8 Å². The molecule has 1 atom stereocenters. The number of ether oxygens (including phenoxy) is 1. The van der Waals surface area contributed by atoms with E-state index in [0.29, 0.717) is 25.2 Å². The van der Waals surface area contributed by atoms with E-state index < -0.39 is 23.9 Å². The van der Waals surface area contributed by atoms with Crippen LogP contribution in [0.2, 0.25) is 0 Å². The van der Waals surface area contributed by atoms with Gasteiger partial charge in [-0.3, -0.25) is 4.98 Å². The number of piperazine rings is 1. The van der Waals surface area contributed by atoms with Crippen LogP contribution in [0.3, 0.4) is 0 Å². The van der Waals surface area contributed by atoms with Gasteiger partial charge >= 0.3 is 13.2 Å². The molecule has 1 amide bonds. The molecule has 0 bridgehead atoms. The molecule has 2 fully saturated rings. The standard InChI is InChI=1S/C21H35BN4O4/c1-9-15-14-25(10-11-26(15)18(27)28-19(2,3)4)17-13-23-12-16(24-17)22-29-20(5,6)21(7,8)30-22/h12-13,15H,9-11,14H2,1-8H3/t15-/m0/s1. The molecule has 0 aliphatic carbocycles. The van der Waals surface area contributed by atoms with Crippen molar-refractivity contribution < 1.29 is 18.8 Å². The van der Waals surface area contributed by atoms with Gasteiger partial charge in [-0.05, 0) is 54.9 Å². The average molecular weight is 418 g/mol. The van der Waals surface area contributed by atoms with Gasteiger partial charge in [0.1, 0.15) is 11.4 Å². The van der Waals surface area contributed by atoms with E-state index in [0.717, 1.165) is 12.2 Å². The number of aromatic nitrogens is 2. The third-order valence-electron chi connectivity index (χ3n) is 6.04. The molecule has 0 aromatic carbocycles. The average Bonchev–Trinajstić information content (AvgIpc) is 2.87. The highest BCUT2D eigenvalue weighted by Crippen LogP contribution is 2.36. The topological polar surface area (TPSA) is 77.0 Å². The zero-order valence-corrected chi connectivity index (χ0v) is 19.6. The van der Waals surface area contributed by atoms with Gasteiger partial charge in [-0.2, -0.15) is 0 Å². The molecular weight excluding hydrogens is 383 g/mol. The van der Waals surface area contributed by atoms with Gasteiger partial charge in [-0.15, -0.1) is 0 Å². The number of amides is 1. The Kier molecular flexibility index (Phi) is 6.08. The lowest BCUT2D eigenvalue weighted by molar-refractivity contribution is 0.00578. The van der Waals surface area contributed by atoms with E-state index in [1.165, 1.54) is 0 Å². The molecule has 2 aliphatic rings. The van der Waals surface area contributed by atoms with Crippen molar-refractivity contribution in [1.29, 1.82) is 0 Å². The largest absolute Gasteiger partial charge is 0.516 e. The van der Waals surface area contributed by atoms with Crippen LogP contribution in [-0.4, -0.2) is 70.6 Å². The van der Waals surface area contributed by atoms with Crippen LogP contribution in [0, 0.1) is 0 Å². The number of carbonyl (C=O) groups excluding carboxylic acids is 1. The van der Waals surface area contributed by atoms with E-state index in [1.54, 1.807) is 12.4 Å². The Labute approximate surface area is 180 Å². The van der Waals surface area contributed by atoms with Crippen LogP contribution >= 0.6 is 0 Å². The molecule has 0 radical (unpaired) electrons. The minimum atomic E-state index is -0.549. The van der Waals surface area contributed by atoms with Gasteiger partial charge in [0.15, 0.2) is 0 Å². The summed E-state index contributed by atoms with van der Waals surface area (Å²) in [6.07, 6.45) is 4.02. The Hall–Kier alpha value is -1.87. The molecule has 3 rings (SSSR count). The first-order chi connectivity index (χ1) is 13.8. The number of hydrogen-bond acceptors (Lipinski definition) is 7. The van der Waals surface area contributed by atoms with Gasteiger partial charge < -0.3 is 23.8 Å². The SMILES string of the molecule is CC[C@H]1CN(c2cncc(B3OC(C)(C)C(C)(C)O3)n2)CCN1C(=O)OC(C)(C)C. The lowest BCUT2D eigenvalue weighted by Gasteiger charge is -2.41. The molecule has 2 aliphatic heterocycles. The minimum Gasteiger partial charge on any atom is -0.444 e. The first-order valence-electron chi connectivity index (χ1n) is 10.7. The highest BCUT2D eigenvalue weighted by Gasteiger charge is 2.52. The van der Waals surface area contributed by atoms with Crippen LogP contribution in [0.15, 0.2) is 12.4 Å². The van der Waals surface area contributed by atoms with Crippen LogP contribution < -0.4 is 10.5 Å². The number of rotatable bonds is 3. The molecule has 9 heteroatoms. The summed E-state index contributed by atoms with van der Waals surface area (Å²) in [5.41, 5.74) is -0.702. The summed E-state index contributed by atoms with van der Waals surface area (Å²) in [6, 6.07) is 0.0518. The first kappa shape index (κ1) is 22.8. The molecule has 0 N–H and O–H groups in total. The van der Waals surface area contributed by atoms with Crippen LogP contribution in [0.1, 0.15) is 61.8 Å². The molecule has 3 heterocycles. The maximum Gasteiger partial charge on any atom is 0.516 e. The lowest BCUT2D eigenvalue weighted by Crippen LogP contribution is -2.56. The summed E-state index contributed by atoms with van der Waals surface area (Å²) >= 11 is 0. The van der Waals surface area contributed by atoms with Gasteiger partial charge in [-0.25, -0.2) is 9.78 Å². The van der Waals surface area contributed by atoms with Gasteiger partial charge in [0.25, 0.3) is 0 Å². The number of carbonyl (C=O) groups is 1. The summed E-state index contributed by atoms with van der Waals surface area (Å²) < 4.78 is 17.8.